The lowest BCUT2D eigenvalue weighted by molar-refractivity contribution is -0.137. The fourth-order valence-electron chi connectivity index (χ4n) is 1.77. The molecule has 0 radical (unpaired) electrons. The van der Waals surface area contributed by atoms with Crippen LogP contribution < -0.4 is 5.43 Å². The number of phenolic OH excluding ortho intramolecular Hbond substituents is 1. The summed E-state index contributed by atoms with van der Waals surface area (Å²) in [6.07, 6.45) is -4.00. The summed E-state index contributed by atoms with van der Waals surface area (Å²) in [4.78, 5) is 11.7. The molecule has 2 rings (SSSR count). The lowest BCUT2D eigenvalue weighted by Gasteiger charge is -2.12. The summed E-state index contributed by atoms with van der Waals surface area (Å²) >= 11 is 5.61. The van der Waals surface area contributed by atoms with E-state index in [1.54, 1.807) is 18.2 Å². The molecule has 0 atom stereocenters. The number of alkyl halides is 3. The quantitative estimate of drug-likeness (QED) is 0.658. The molecule has 0 spiro atoms. The van der Waals surface area contributed by atoms with E-state index in [0.29, 0.717) is 6.21 Å². The topological polar surface area (TPSA) is 61.7 Å². The summed E-state index contributed by atoms with van der Waals surface area (Å²) in [7, 11) is 0. The van der Waals surface area contributed by atoms with E-state index in [-0.39, 0.29) is 10.6 Å². The maximum atomic E-state index is 12.9. The van der Waals surface area contributed by atoms with Crippen LogP contribution in [0.2, 0.25) is 5.02 Å². The van der Waals surface area contributed by atoms with Crippen LogP contribution in [0.4, 0.5) is 13.2 Å². The van der Waals surface area contributed by atoms with Crippen molar-refractivity contribution in [2.45, 2.75) is 6.18 Å². The molecule has 0 fully saturated rings. The fourth-order valence-corrected chi connectivity index (χ4v) is 1.93. The van der Waals surface area contributed by atoms with E-state index in [1.165, 1.54) is 12.1 Å². The zero-order valence-corrected chi connectivity index (χ0v) is 12.2. The Bertz CT molecular complexity index is 746. The molecule has 2 aromatic carbocycles. The summed E-state index contributed by atoms with van der Waals surface area (Å²) in [5, 5.41) is 12.9. The maximum absolute atomic E-state index is 12.9. The molecule has 120 valence electrons. The van der Waals surface area contributed by atoms with Gasteiger partial charge in [-0.25, -0.2) is 5.43 Å². The number of hydrazone groups is 1. The van der Waals surface area contributed by atoms with E-state index < -0.39 is 29.0 Å². The zero-order chi connectivity index (χ0) is 17.0. The minimum absolute atomic E-state index is 0.256. The van der Waals surface area contributed by atoms with Gasteiger partial charge in [-0.1, -0.05) is 29.8 Å². The van der Waals surface area contributed by atoms with Crippen molar-refractivity contribution in [2.75, 3.05) is 0 Å². The number of carbonyl (C=O) groups is 1. The Morgan fingerprint density at radius 3 is 2.43 bits per heavy atom. The fraction of sp³-hybridized carbons (Fsp3) is 0.0667. The van der Waals surface area contributed by atoms with Crippen LogP contribution >= 0.6 is 11.6 Å². The number of aromatic hydroxyl groups is 1. The second kappa shape index (κ2) is 6.70. The molecule has 4 nitrogen and oxygen atoms in total. The predicted octanol–water partition coefficient (Wildman–Crippen LogP) is 3.83. The Kier molecular flexibility index (Phi) is 4.90. The minimum Gasteiger partial charge on any atom is -0.506 e. The number of hydrogen-bond acceptors (Lipinski definition) is 3. The number of phenols is 1. The first-order valence-electron chi connectivity index (χ1n) is 6.28. The third-order valence-corrected chi connectivity index (χ3v) is 3.17. The first kappa shape index (κ1) is 16.8. The van der Waals surface area contributed by atoms with E-state index in [1.807, 2.05) is 0 Å². The van der Waals surface area contributed by atoms with Gasteiger partial charge in [0.25, 0.3) is 5.91 Å². The van der Waals surface area contributed by atoms with Crippen LogP contribution in [0.5, 0.6) is 5.75 Å². The number of nitrogens with zero attached hydrogens (tertiary/aromatic N) is 1. The van der Waals surface area contributed by atoms with Crippen molar-refractivity contribution in [3.63, 3.8) is 0 Å². The predicted molar refractivity (Wildman–Crippen MR) is 79.6 cm³/mol. The molecule has 0 saturated carbocycles. The highest BCUT2D eigenvalue weighted by molar-refractivity contribution is 6.32. The van der Waals surface area contributed by atoms with Crippen LogP contribution in [0, 0.1) is 0 Å². The van der Waals surface area contributed by atoms with Gasteiger partial charge in [0, 0.05) is 5.56 Å². The van der Waals surface area contributed by atoms with Crippen molar-refractivity contribution >= 4 is 23.7 Å². The van der Waals surface area contributed by atoms with Crippen LogP contribution in [0.25, 0.3) is 0 Å². The molecule has 1 amide bonds. The Morgan fingerprint density at radius 1 is 1.17 bits per heavy atom. The molecule has 2 aromatic rings. The van der Waals surface area contributed by atoms with Crippen LogP contribution in [0.15, 0.2) is 47.6 Å². The van der Waals surface area contributed by atoms with E-state index >= 15 is 0 Å². The number of amides is 1. The van der Waals surface area contributed by atoms with Gasteiger partial charge in [0.1, 0.15) is 5.75 Å². The zero-order valence-electron chi connectivity index (χ0n) is 11.4. The smallest absolute Gasteiger partial charge is 0.417 e. The summed E-state index contributed by atoms with van der Waals surface area (Å²) in [6.45, 7) is 0. The lowest BCUT2D eigenvalue weighted by atomic mass is 10.1. The lowest BCUT2D eigenvalue weighted by Crippen LogP contribution is -2.18. The van der Waals surface area contributed by atoms with Gasteiger partial charge < -0.3 is 5.11 Å². The minimum atomic E-state index is -4.70. The van der Waals surface area contributed by atoms with E-state index in [9.17, 15) is 23.1 Å². The molecule has 0 unspecified atom stereocenters. The molecule has 8 heteroatoms. The Labute approximate surface area is 134 Å². The van der Waals surface area contributed by atoms with Crippen LogP contribution in [-0.4, -0.2) is 17.2 Å². The number of hydrogen-bond donors (Lipinski definition) is 2. The highest BCUT2D eigenvalue weighted by atomic mass is 35.5. The largest absolute Gasteiger partial charge is 0.506 e. The number of carbonyl (C=O) groups excluding carboxylic acids is 1. The monoisotopic (exact) mass is 342 g/mol. The van der Waals surface area contributed by atoms with Crippen molar-refractivity contribution in [1.82, 2.24) is 5.43 Å². The van der Waals surface area contributed by atoms with Gasteiger partial charge in [-0.2, -0.15) is 18.3 Å². The Morgan fingerprint density at radius 2 is 1.83 bits per heavy atom. The van der Waals surface area contributed by atoms with Gasteiger partial charge in [-0.3, -0.25) is 4.79 Å². The highest BCUT2D eigenvalue weighted by Gasteiger charge is 2.34. The van der Waals surface area contributed by atoms with Crippen LogP contribution in [-0.2, 0) is 6.18 Å². The number of benzene rings is 2. The van der Waals surface area contributed by atoms with Crippen molar-refractivity contribution in [1.29, 1.82) is 0 Å². The maximum Gasteiger partial charge on any atom is 0.417 e. The van der Waals surface area contributed by atoms with Crippen molar-refractivity contribution in [3.05, 3.63) is 64.2 Å². The average Bonchev–Trinajstić information content (AvgIpc) is 2.51. The summed E-state index contributed by atoms with van der Waals surface area (Å²) < 4.78 is 38.7. The second-order valence-corrected chi connectivity index (χ2v) is 4.83. The van der Waals surface area contributed by atoms with E-state index in [2.05, 4.69) is 10.5 Å². The Hall–Kier alpha value is -2.54. The van der Waals surface area contributed by atoms with Gasteiger partial charge >= 0.3 is 6.18 Å². The van der Waals surface area contributed by atoms with Crippen molar-refractivity contribution in [3.8, 4) is 5.75 Å². The average molecular weight is 343 g/mol. The number of halogens is 4. The summed E-state index contributed by atoms with van der Waals surface area (Å²) in [6, 6.07) is 9.65. The molecule has 2 N–H and O–H groups in total. The SMILES string of the molecule is O=C(N/N=C/c1c(C(F)(F)F)ccc(Cl)c1O)c1ccccc1. The number of nitrogens with one attached hydrogen (secondary N) is 1. The molecule has 0 aliphatic carbocycles. The molecular weight excluding hydrogens is 333 g/mol. The second-order valence-electron chi connectivity index (χ2n) is 4.42. The van der Waals surface area contributed by atoms with E-state index in [0.717, 1.165) is 12.1 Å². The summed E-state index contributed by atoms with van der Waals surface area (Å²) in [5.41, 5.74) is 0.629. The normalized spacial score (nSPS) is 11.7. The van der Waals surface area contributed by atoms with Crippen molar-refractivity contribution < 1.29 is 23.1 Å². The molecular formula is C15H10ClF3N2O2. The van der Waals surface area contributed by atoms with Gasteiger partial charge in [0.2, 0.25) is 0 Å². The third kappa shape index (κ3) is 4.01. The Balaban J connectivity index is 2.26. The van der Waals surface area contributed by atoms with Gasteiger partial charge in [-0.05, 0) is 24.3 Å². The van der Waals surface area contributed by atoms with Crippen LogP contribution in [0.1, 0.15) is 21.5 Å². The van der Waals surface area contributed by atoms with Gasteiger partial charge in [0.15, 0.2) is 0 Å². The third-order valence-electron chi connectivity index (χ3n) is 2.87. The molecule has 0 aromatic heterocycles. The van der Waals surface area contributed by atoms with Crippen LogP contribution in [0.3, 0.4) is 0 Å². The highest BCUT2D eigenvalue weighted by Crippen LogP contribution is 2.38. The molecule has 0 heterocycles. The standard InChI is InChI=1S/C15H10ClF3N2O2/c16-12-7-6-11(15(17,18)19)10(13(12)22)8-20-21-14(23)9-4-2-1-3-5-9/h1-8,22H,(H,21,23)/b20-8+. The van der Waals surface area contributed by atoms with Crippen molar-refractivity contribution in [2.24, 2.45) is 5.10 Å². The molecule has 0 aliphatic heterocycles. The molecule has 0 saturated heterocycles. The molecule has 23 heavy (non-hydrogen) atoms. The summed E-state index contributed by atoms with van der Waals surface area (Å²) in [5.74, 6) is -1.36. The van der Waals surface area contributed by atoms with Gasteiger partial charge in [-0.15, -0.1) is 0 Å². The van der Waals surface area contributed by atoms with E-state index in [4.69, 9.17) is 11.6 Å². The number of rotatable bonds is 3. The molecule has 0 aliphatic rings. The first-order chi connectivity index (χ1) is 10.8. The first-order valence-corrected chi connectivity index (χ1v) is 6.65. The molecule has 0 bridgehead atoms. The van der Waals surface area contributed by atoms with Gasteiger partial charge in [0.05, 0.1) is 22.4 Å².